The number of rotatable bonds is 2. The number of nitrogens with two attached hydrogens (primary N) is 1. The van der Waals surface area contributed by atoms with Gasteiger partial charge in [-0.15, -0.1) is 0 Å². The zero-order valence-electron chi connectivity index (χ0n) is 8.55. The molecule has 0 radical (unpaired) electrons. The minimum Gasteiger partial charge on any atom is -0.324 e. The lowest BCUT2D eigenvalue weighted by Crippen LogP contribution is -2.19. The van der Waals surface area contributed by atoms with Gasteiger partial charge in [-0.25, -0.2) is 4.39 Å². The maximum atomic E-state index is 13.1. The Morgan fingerprint density at radius 1 is 1.33 bits per heavy atom. The van der Waals surface area contributed by atoms with Gasteiger partial charge < -0.3 is 5.73 Å². The van der Waals surface area contributed by atoms with Crippen molar-refractivity contribution >= 4 is 15.9 Å². The molecule has 1 aliphatic rings. The molecule has 0 aromatic heterocycles. The summed E-state index contributed by atoms with van der Waals surface area (Å²) >= 11 is 3.19. The Bertz CT molecular complexity index is 347. The van der Waals surface area contributed by atoms with Crippen LogP contribution in [-0.2, 0) is 0 Å². The van der Waals surface area contributed by atoms with E-state index in [-0.39, 0.29) is 11.9 Å². The Labute approximate surface area is 98.0 Å². The minimum atomic E-state index is -0.225. The number of halogens is 2. The van der Waals surface area contributed by atoms with E-state index in [2.05, 4.69) is 15.9 Å². The first-order chi connectivity index (χ1) is 7.18. The van der Waals surface area contributed by atoms with Gasteiger partial charge in [0, 0.05) is 6.04 Å². The summed E-state index contributed by atoms with van der Waals surface area (Å²) in [4.78, 5) is 0. The predicted molar refractivity (Wildman–Crippen MR) is 63.0 cm³/mol. The average molecular weight is 272 g/mol. The SMILES string of the molecule is N[C@H](c1ccc(F)c(Br)c1)C1CCCC1. The molecule has 1 aromatic carbocycles. The second-order valence-corrected chi connectivity index (χ2v) is 5.10. The van der Waals surface area contributed by atoms with Crippen molar-refractivity contribution in [2.24, 2.45) is 11.7 Å². The largest absolute Gasteiger partial charge is 0.324 e. The van der Waals surface area contributed by atoms with Crippen LogP contribution in [0.25, 0.3) is 0 Å². The molecule has 1 nitrogen and oxygen atoms in total. The van der Waals surface area contributed by atoms with E-state index in [0.29, 0.717) is 10.4 Å². The molecule has 0 bridgehead atoms. The van der Waals surface area contributed by atoms with Crippen molar-refractivity contribution in [3.8, 4) is 0 Å². The Morgan fingerprint density at radius 2 is 2.00 bits per heavy atom. The van der Waals surface area contributed by atoms with E-state index in [1.54, 1.807) is 12.1 Å². The monoisotopic (exact) mass is 271 g/mol. The van der Waals surface area contributed by atoms with Gasteiger partial charge in [-0.05, 0) is 52.4 Å². The fourth-order valence-corrected chi connectivity index (χ4v) is 2.70. The first-order valence-corrected chi connectivity index (χ1v) is 6.18. The lowest BCUT2D eigenvalue weighted by molar-refractivity contribution is 0.444. The zero-order chi connectivity index (χ0) is 10.8. The second kappa shape index (κ2) is 4.62. The molecule has 1 aromatic rings. The van der Waals surface area contributed by atoms with E-state index in [4.69, 9.17) is 5.73 Å². The molecule has 0 spiro atoms. The smallest absolute Gasteiger partial charge is 0.137 e. The summed E-state index contributed by atoms with van der Waals surface area (Å²) in [6, 6.07) is 5.14. The van der Waals surface area contributed by atoms with Crippen molar-refractivity contribution in [1.29, 1.82) is 0 Å². The van der Waals surface area contributed by atoms with Crippen molar-refractivity contribution in [3.63, 3.8) is 0 Å². The van der Waals surface area contributed by atoms with Crippen molar-refractivity contribution in [2.45, 2.75) is 31.7 Å². The maximum absolute atomic E-state index is 13.1. The van der Waals surface area contributed by atoms with Crippen LogP contribution in [0.15, 0.2) is 22.7 Å². The average Bonchev–Trinajstić information content (AvgIpc) is 2.74. The van der Waals surface area contributed by atoms with Crippen LogP contribution >= 0.6 is 15.9 Å². The molecule has 82 valence electrons. The van der Waals surface area contributed by atoms with E-state index >= 15 is 0 Å². The zero-order valence-corrected chi connectivity index (χ0v) is 10.1. The number of hydrogen-bond acceptors (Lipinski definition) is 1. The van der Waals surface area contributed by atoms with Gasteiger partial charge in [0.2, 0.25) is 0 Å². The molecule has 0 unspecified atom stereocenters. The first-order valence-electron chi connectivity index (χ1n) is 5.39. The topological polar surface area (TPSA) is 26.0 Å². The molecular formula is C12H15BrFN. The van der Waals surface area contributed by atoms with E-state index in [1.165, 1.54) is 31.7 Å². The van der Waals surface area contributed by atoms with Gasteiger partial charge in [-0.1, -0.05) is 18.9 Å². The summed E-state index contributed by atoms with van der Waals surface area (Å²) in [7, 11) is 0. The summed E-state index contributed by atoms with van der Waals surface area (Å²) in [5.41, 5.74) is 7.21. The highest BCUT2D eigenvalue weighted by Crippen LogP contribution is 2.35. The first kappa shape index (κ1) is 11.1. The molecule has 2 N–H and O–H groups in total. The molecule has 0 amide bonds. The van der Waals surface area contributed by atoms with Crippen molar-refractivity contribution < 1.29 is 4.39 Å². The van der Waals surface area contributed by atoms with Crippen LogP contribution in [0, 0.1) is 11.7 Å². The molecule has 1 fully saturated rings. The molecule has 2 rings (SSSR count). The Hall–Kier alpha value is -0.410. The highest BCUT2D eigenvalue weighted by molar-refractivity contribution is 9.10. The second-order valence-electron chi connectivity index (χ2n) is 4.24. The normalized spacial score (nSPS) is 19.4. The van der Waals surface area contributed by atoms with Crippen LogP contribution in [-0.4, -0.2) is 0 Å². The fraction of sp³-hybridized carbons (Fsp3) is 0.500. The number of benzene rings is 1. The molecule has 1 atom stereocenters. The quantitative estimate of drug-likeness (QED) is 0.871. The third-order valence-electron chi connectivity index (χ3n) is 3.24. The van der Waals surface area contributed by atoms with E-state index < -0.39 is 0 Å². The lowest BCUT2D eigenvalue weighted by atomic mass is 9.92. The summed E-state index contributed by atoms with van der Waals surface area (Å²) in [6.07, 6.45) is 4.97. The van der Waals surface area contributed by atoms with Gasteiger partial charge >= 0.3 is 0 Å². The molecular weight excluding hydrogens is 257 g/mol. The van der Waals surface area contributed by atoms with Gasteiger partial charge in [0.1, 0.15) is 5.82 Å². The highest BCUT2D eigenvalue weighted by Gasteiger charge is 2.23. The van der Waals surface area contributed by atoms with E-state index in [9.17, 15) is 4.39 Å². The summed E-state index contributed by atoms with van der Waals surface area (Å²) < 4.78 is 13.6. The highest BCUT2D eigenvalue weighted by atomic mass is 79.9. The number of hydrogen-bond donors (Lipinski definition) is 1. The van der Waals surface area contributed by atoms with E-state index in [0.717, 1.165) is 5.56 Å². The summed E-state index contributed by atoms with van der Waals surface area (Å²) in [6.45, 7) is 0. The summed E-state index contributed by atoms with van der Waals surface area (Å²) in [5, 5.41) is 0. The van der Waals surface area contributed by atoms with Crippen molar-refractivity contribution in [2.75, 3.05) is 0 Å². The van der Waals surface area contributed by atoms with Crippen molar-refractivity contribution in [1.82, 2.24) is 0 Å². The van der Waals surface area contributed by atoms with Crippen LogP contribution in [0.5, 0.6) is 0 Å². The molecule has 15 heavy (non-hydrogen) atoms. The molecule has 0 heterocycles. The van der Waals surface area contributed by atoms with Crippen LogP contribution in [0.4, 0.5) is 4.39 Å². The predicted octanol–water partition coefficient (Wildman–Crippen LogP) is 3.78. The fourth-order valence-electron chi connectivity index (χ4n) is 2.31. The molecule has 1 aliphatic carbocycles. The van der Waals surface area contributed by atoms with Crippen LogP contribution in [0.1, 0.15) is 37.3 Å². The van der Waals surface area contributed by atoms with E-state index in [1.807, 2.05) is 0 Å². The van der Waals surface area contributed by atoms with Gasteiger partial charge in [0.15, 0.2) is 0 Å². The molecule has 1 saturated carbocycles. The maximum Gasteiger partial charge on any atom is 0.137 e. The standard InChI is InChI=1S/C12H15BrFN/c13-10-7-9(5-6-11(10)14)12(15)8-3-1-2-4-8/h5-8,12H,1-4,15H2/t12-/m0/s1. The third kappa shape index (κ3) is 2.40. The third-order valence-corrected chi connectivity index (χ3v) is 3.84. The van der Waals surface area contributed by atoms with Crippen LogP contribution < -0.4 is 5.73 Å². The Balaban J connectivity index is 2.17. The van der Waals surface area contributed by atoms with Gasteiger partial charge in [-0.2, -0.15) is 0 Å². The van der Waals surface area contributed by atoms with Crippen LogP contribution in [0.3, 0.4) is 0 Å². The van der Waals surface area contributed by atoms with Gasteiger partial charge in [0.25, 0.3) is 0 Å². The lowest BCUT2D eigenvalue weighted by Gasteiger charge is -2.19. The Morgan fingerprint density at radius 3 is 2.60 bits per heavy atom. The molecule has 0 aliphatic heterocycles. The van der Waals surface area contributed by atoms with Crippen LogP contribution in [0.2, 0.25) is 0 Å². The van der Waals surface area contributed by atoms with Crippen molar-refractivity contribution in [3.05, 3.63) is 34.1 Å². The van der Waals surface area contributed by atoms with Gasteiger partial charge in [-0.3, -0.25) is 0 Å². The summed E-state index contributed by atoms with van der Waals surface area (Å²) in [5.74, 6) is 0.347. The Kier molecular flexibility index (Phi) is 3.42. The van der Waals surface area contributed by atoms with Gasteiger partial charge in [0.05, 0.1) is 4.47 Å². The molecule has 3 heteroatoms. The minimum absolute atomic E-state index is 0.0596. The molecule has 0 saturated heterocycles.